The molecule has 1 unspecified atom stereocenters. The Balaban J connectivity index is 2.13. The van der Waals surface area contributed by atoms with Gasteiger partial charge in [0.1, 0.15) is 5.82 Å². The van der Waals surface area contributed by atoms with Gasteiger partial charge in [0.2, 0.25) is 0 Å². The maximum absolute atomic E-state index is 13.6. The highest BCUT2D eigenvalue weighted by Crippen LogP contribution is 2.24. The summed E-state index contributed by atoms with van der Waals surface area (Å²) in [5, 5.41) is 0.540. The zero-order valence-corrected chi connectivity index (χ0v) is 10.3. The van der Waals surface area contributed by atoms with Crippen molar-refractivity contribution in [3.05, 3.63) is 34.6 Å². The van der Waals surface area contributed by atoms with Crippen LogP contribution in [0.25, 0.3) is 0 Å². The normalized spacial score (nSPS) is 22.3. The van der Waals surface area contributed by atoms with Gasteiger partial charge in [-0.05, 0) is 38.4 Å². The van der Waals surface area contributed by atoms with E-state index in [1.165, 1.54) is 25.3 Å². The molecule has 1 aromatic carbocycles. The van der Waals surface area contributed by atoms with Crippen molar-refractivity contribution in [2.24, 2.45) is 0 Å². The molecule has 3 heteroatoms. The second-order valence-electron chi connectivity index (χ2n) is 4.52. The second-order valence-corrected chi connectivity index (χ2v) is 4.92. The predicted octanol–water partition coefficient (Wildman–Crippen LogP) is 3.85. The predicted molar refractivity (Wildman–Crippen MR) is 65.1 cm³/mol. The van der Waals surface area contributed by atoms with E-state index < -0.39 is 0 Å². The van der Waals surface area contributed by atoms with Crippen molar-refractivity contribution < 1.29 is 4.39 Å². The Morgan fingerprint density at radius 1 is 1.44 bits per heavy atom. The molecule has 1 fully saturated rings. The van der Waals surface area contributed by atoms with E-state index in [1.54, 1.807) is 12.1 Å². The standard InChI is InChI=1S/C13H17ClFN/c1-10-5-2-3-8-16(10)9-11-12(14)6-4-7-13(11)15/h4,6-7,10H,2-3,5,8-9H2,1H3. The molecule has 1 saturated heterocycles. The Hall–Kier alpha value is -0.600. The van der Waals surface area contributed by atoms with Gasteiger partial charge in [-0.15, -0.1) is 0 Å². The highest BCUT2D eigenvalue weighted by Gasteiger charge is 2.20. The van der Waals surface area contributed by atoms with Crippen LogP contribution in [0.3, 0.4) is 0 Å². The maximum Gasteiger partial charge on any atom is 0.129 e. The summed E-state index contributed by atoms with van der Waals surface area (Å²) >= 11 is 6.03. The smallest absolute Gasteiger partial charge is 0.129 e. The van der Waals surface area contributed by atoms with Crippen molar-refractivity contribution >= 4 is 11.6 Å². The molecule has 0 N–H and O–H groups in total. The van der Waals surface area contributed by atoms with Gasteiger partial charge in [0.05, 0.1) is 0 Å². The third-order valence-electron chi connectivity index (χ3n) is 3.36. The van der Waals surface area contributed by atoms with Crippen molar-refractivity contribution in [3.63, 3.8) is 0 Å². The summed E-state index contributed by atoms with van der Waals surface area (Å²) < 4.78 is 13.6. The summed E-state index contributed by atoms with van der Waals surface area (Å²) in [6.45, 7) is 3.88. The van der Waals surface area contributed by atoms with Gasteiger partial charge in [0.25, 0.3) is 0 Å². The van der Waals surface area contributed by atoms with Crippen LogP contribution in [0, 0.1) is 5.82 Å². The molecule has 0 spiro atoms. The summed E-state index contributed by atoms with van der Waals surface area (Å²) in [5.41, 5.74) is 0.637. The van der Waals surface area contributed by atoms with E-state index in [1.807, 2.05) is 0 Å². The SMILES string of the molecule is CC1CCCCN1Cc1c(F)cccc1Cl. The Bertz CT molecular complexity index is 347. The molecule has 1 nitrogen and oxygen atoms in total. The van der Waals surface area contributed by atoms with Gasteiger partial charge in [-0.1, -0.05) is 24.1 Å². The minimum Gasteiger partial charge on any atom is -0.296 e. The number of piperidine rings is 1. The van der Waals surface area contributed by atoms with E-state index in [9.17, 15) is 4.39 Å². The largest absolute Gasteiger partial charge is 0.296 e. The van der Waals surface area contributed by atoms with Gasteiger partial charge < -0.3 is 0 Å². The number of hydrogen-bond donors (Lipinski definition) is 0. The molecule has 0 aliphatic carbocycles. The average Bonchev–Trinajstić information content (AvgIpc) is 2.26. The lowest BCUT2D eigenvalue weighted by atomic mass is 10.0. The lowest BCUT2D eigenvalue weighted by Crippen LogP contribution is -2.37. The Morgan fingerprint density at radius 3 is 2.94 bits per heavy atom. The first-order valence-electron chi connectivity index (χ1n) is 5.85. The minimum absolute atomic E-state index is 0.190. The first-order valence-corrected chi connectivity index (χ1v) is 6.23. The molecule has 88 valence electrons. The van der Waals surface area contributed by atoms with E-state index >= 15 is 0 Å². The number of hydrogen-bond acceptors (Lipinski definition) is 1. The molecule has 0 radical (unpaired) electrons. The third kappa shape index (κ3) is 2.55. The van der Waals surface area contributed by atoms with E-state index in [4.69, 9.17) is 11.6 Å². The van der Waals surface area contributed by atoms with Crippen LogP contribution in [0.4, 0.5) is 4.39 Å². The molecule has 1 heterocycles. The van der Waals surface area contributed by atoms with Gasteiger partial charge in [0, 0.05) is 23.2 Å². The number of rotatable bonds is 2. The summed E-state index contributed by atoms with van der Waals surface area (Å²) in [6.07, 6.45) is 3.69. The van der Waals surface area contributed by atoms with Crippen molar-refractivity contribution in [2.45, 2.75) is 38.8 Å². The fourth-order valence-corrected chi connectivity index (χ4v) is 2.50. The summed E-state index contributed by atoms with van der Waals surface area (Å²) in [6, 6.07) is 5.43. The van der Waals surface area contributed by atoms with E-state index in [2.05, 4.69) is 11.8 Å². The van der Waals surface area contributed by atoms with E-state index in [-0.39, 0.29) is 5.82 Å². The zero-order chi connectivity index (χ0) is 11.5. The van der Waals surface area contributed by atoms with Crippen LogP contribution < -0.4 is 0 Å². The molecule has 0 saturated carbocycles. The molecule has 16 heavy (non-hydrogen) atoms. The fourth-order valence-electron chi connectivity index (χ4n) is 2.28. The summed E-state index contributed by atoms with van der Waals surface area (Å²) in [4.78, 5) is 2.31. The number of nitrogens with zero attached hydrogens (tertiary/aromatic N) is 1. The van der Waals surface area contributed by atoms with Gasteiger partial charge in [-0.2, -0.15) is 0 Å². The molecule has 1 atom stereocenters. The molecule has 0 bridgehead atoms. The fraction of sp³-hybridized carbons (Fsp3) is 0.538. The van der Waals surface area contributed by atoms with E-state index in [0.29, 0.717) is 23.2 Å². The van der Waals surface area contributed by atoms with Crippen molar-refractivity contribution in [1.82, 2.24) is 4.90 Å². The van der Waals surface area contributed by atoms with Crippen molar-refractivity contribution in [2.75, 3.05) is 6.54 Å². The highest BCUT2D eigenvalue weighted by molar-refractivity contribution is 6.31. The highest BCUT2D eigenvalue weighted by atomic mass is 35.5. The number of halogens is 2. The second kappa shape index (κ2) is 5.15. The lowest BCUT2D eigenvalue weighted by Gasteiger charge is -2.33. The van der Waals surface area contributed by atoms with Crippen molar-refractivity contribution in [1.29, 1.82) is 0 Å². The first kappa shape index (κ1) is 11.9. The topological polar surface area (TPSA) is 3.24 Å². The average molecular weight is 242 g/mol. The number of likely N-dealkylation sites (tertiary alicyclic amines) is 1. The minimum atomic E-state index is -0.190. The zero-order valence-electron chi connectivity index (χ0n) is 9.55. The summed E-state index contributed by atoms with van der Waals surface area (Å²) in [7, 11) is 0. The van der Waals surface area contributed by atoms with Crippen LogP contribution in [0.15, 0.2) is 18.2 Å². The van der Waals surface area contributed by atoms with Crippen LogP contribution in [0.1, 0.15) is 31.7 Å². The van der Waals surface area contributed by atoms with Crippen molar-refractivity contribution in [3.8, 4) is 0 Å². The van der Waals surface area contributed by atoms with Crippen LogP contribution in [-0.2, 0) is 6.54 Å². The monoisotopic (exact) mass is 241 g/mol. The van der Waals surface area contributed by atoms with Crippen LogP contribution in [-0.4, -0.2) is 17.5 Å². The maximum atomic E-state index is 13.6. The van der Waals surface area contributed by atoms with Gasteiger partial charge in [0.15, 0.2) is 0 Å². The van der Waals surface area contributed by atoms with Crippen LogP contribution >= 0.6 is 11.6 Å². The lowest BCUT2D eigenvalue weighted by molar-refractivity contribution is 0.151. The molecule has 1 aliphatic heterocycles. The Kier molecular flexibility index (Phi) is 3.82. The number of benzene rings is 1. The van der Waals surface area contributed by atoms with Gasteiger partial charge in [-0.3, -0.25) is 4.90 Å². The quantitative estimate of drug-likeness (QED) is 0.760. The Labute approximate surface area is 101 Å². The Morgan fingerprint density at radius 2 is 2.25 bits per heavy atom. The van der Waals surface area contributed by atoms with E-state index in [0.717, 1.165) is 6.54 Å². The molecule has 2 rings (SSSR count). The van der Waals surface area contributed by atoms with Gasteiger partial charge >= 0.3 is 0 Å². The molecule has 0 amide bonds. The molecule has 1 aromatic rings. The van der Waals surface area contributed by atoms with Gasteiger partial charge in [-0.25, -0.2) is 4.39 Å². The molecular weight excluding hydrogens is 225 g/mol. The summed E-state index contributed by atoms with van der Waals surface area (Å²) in [5.74, 6) is -0.190. The molecule has 0 aromatic heterocycles. The molecular formula is C13H17ClFN. The van der Waals surface area contributed by atoms with Crippen LogP contribution in [0.5, 0.6) is 0 Å². The third-order valence-corrected chi connectivity index (χ3v) is 3.72. The first-order chi connectivity index (χ1) is 7.68. The molecule has 1 aliphatic rings. The van der Waals surface area contributed by atoms with Crippen LogP contribution in [0.2, 0.25) is 5.02 Å².